The number of hydrogen-bond donors (Lipinski definition) is 2. The third kappa shape index (κ3) is 2.50. The number of carbonyl (C=O) groups is 1. The molecule has 2 aromatic heterocycles. The Morgan fingerprint density at radius 3 is 3.13 bits per heavy atom. The number of rotatable bonds is 3. The Kier molecular flexibility index (Phi) is 2.59. The topological polar surface area (TPSA) is 98.7 Å². The number of nitrogens with zero attached hydrogens (tertiary/aromatic N) is 4. The van der Waals surface area contributed by atoms with Crippen LogP contribution >= 0.6 is 11.3 Å². The quantitative estimate of drug-likeness (QED) is 0.761. The van der Waals surface area contributed by atoms with E-state index in [1.807, 2.05) is 0 Å². The van der Waals surface area contributed by atoms with Crippen LogP contribution in [0.2, 0.25) is 0 Å². The van der Waals surface area contributed by atoms with E-state index < -0.39 is 0 Å². The summed E-state index contributed by atoms with van der Waals surface area (Å²) in [5, 5.41) is 14.2. The van der Waals surface area contributed by atoms with Gasteiger partial charge in [-0.3, -0.25) is 14.8 Å². The van der Waals surface area contributed by atoms with Gasteiger partial charge in [-0.2, -0.15) is 5.10 Å². The van der Waals surface area contributed by atoms with E-state index >= 15 is 0 Å². The maximum absolute atomic E-state index is 11.4. The Labute approximate surface area is 88.9 Å². The molecule has 7 nitrogen and oxygen atoms in total. The predicted octanol–water partition coefficient (Wildman–Crippen LogP) is -0.0445. The van der Waals surface area contributed by atoms with Gasteiger partial charge in [0.05, 0.1) is 0 Å². The molecule has 0 spiro atoms. The highest BCUT2D eigenvalue weighted by molar-refractivity contribution is 7.13. The molecule has 1 amide bonds. The number of carbonyl (C=O) groups excluding carboxylic acids is 1. The number of nitrogens with one attached hydrogen (secondary N) is 1. The molecule has 0 atom stereocenters. The summed E-state index contributed by atoms with van der Waals surface area (Å²) < 4.78 is 1.45. The highest BCUT2D eigenvalue weighted by atomic mass is 32.1. The summed E-state index contributed by atoms with van der Waals surface area (Å²) >= 11 is 1.26. The van der Waals surface area contributed by atoms with Crippen molar-refractivity contribution in [3.8, 4) is 0 Å². The summed E-state index contributed by atoms with van der Waals surface area (Å²) in [5.74, 6) is 0.175. The zero-order valence-corrected chi connectivity index (χ0v) is 8.44. The van der Waals surface area contributed by atoms with Crippen LogP contribution in [0, 0.1) is 0 Å². The van der Waals surface area contributed by atoms with Gasteiger partial charge in [-0.25, -0.2) is 0 Å². The van der Waals surface area contributed by atoms with Crippen LogP contribution in [0.4, 0.5) is 10.9 Å². The minimum atomic E-state index is -0.213. The first kappa shape index (κ1) is 9.59. The molecular formula is C7H8N6OS. The monoisotopic (exact) mass is 224 g/mol. The van der Waals surface area contributed by atoms with Gasteiger partial charge >= 0.3 is 0 Å². The molecule has 3 N–H and O–H groups in total. The second-order valence-electron chi connectivity index (χ2n) is 2.73. The fourth-order valence-electron chi connectivity index (χ4n) is 0.999. The van der Waals surface area contributed by atoms with E-state index in [0.717, 1.165) is 0 Å². The Balaban J connectivity index is 1.93. The molecular weight excluding hydrogens is 216 g/mol. The SMILES string of the molecule is Nc1ccn(CC(=O)Nc2nncs2)n1. The lowest BCUT2D eigenvalue weighted by Gasteiger charge is -2.00. The van der Waals surface area contributed by atoms with Gasteiger partial charge in [0.2, 0.25) is 11.0 Å². The molecule has 0 saturated heterocycles. The van der Waals surface area contributed by atoms with Crippen molar-refractivity contribution < 1.29 is 4.79 Å². The van der Waals surface area contributed by atoms with Crippen molar-refractivity contribution in [3.63, 3.8) is 0 Å². The standard InChI is InChI=1S/C7H8N6OS/c8-5-1-2-13(12-5)3-6(14)10-7-11-9-4-15-7/h1-2,4H,3H2,(H2,8,12)(H,10,11,14). The first-order valence-corrected chi connectivity index (χ1v) is 4.97. The van der Waals surface area contributed by atoms with E-state index in [4.69, 9.17) is 5.73 Å². The van der Waals surface area contributed by atoms with Crippen molar-refractivity contribution in [2.45, 2.75) is 6.54 Å². The van der Waals surface area contributed by atoms with Crippen LogP contribution in [0.1, 0.15) is 0 Å². The van der Waals surface area contributed by atoms with Crippen LogP contribution in [0.3, 0.4) is 0 Å². The Morgan fingerprint density at radius 2 is 2.53 bits per heavy atom. The molecule has 2 heterocycles. The van der Waals surface area contributed by atoms with Crippen LogP contribution in [0.25, 0.3) is 0 Å². The lowest BCUT2D eigenvalue weighted by Crippen LogP contribution is -2.19. The number of anilines is 2. The number of hydrogen-bond acceptors (Lipinski definition) is 6. The normalized spacial score (nSPS) is 10.1. The molecule has 78 valence electrons. The molecule has 0 fully saturated rings. The minimum absolute atomic E-state index is 0.108. The number of amides is 1. The maximum atomic E-state index is 11.4. The van der Waals surface area contributed by atoms with Crippen LogP contribution in [0.15, 0.2) is 17.8 Å². The van der Waals surface area contributed by atoms with Gasteiger partial charge in [-0.1, -0.05) is 11.3 Å². The molecule has 2 rings (SSSR count). The van der Waals surface area contributed by atoms with Gasteiger partial charge in [0, 0.05) is 6.20 Å². The maximum Gasteiger partial charge on any atom is 0.247 e. The highest BCUT2D eigenvalue weighted by Gasteiger charge is 2.06. The lowest BCUT2D eigenvalue weighted by molar-refractivity contribution is -0.116. The Morgan fingerprint density at radius 1 is 1.67 bits per heavy atom. The molecule has 0 unspecified atom stereocenters. The van der Waals surface area contributed by atoms with Crippen molar-refractivity contribution in [2.24, 2.45) is 0 Å². The summed E-state index contributed by atoms with van der Waals surface area (Å²) in [7, 11) is 0. The molecule has 0 aliphatic heterocycles. The smallest absolute Gasteiger partial charge is 0.247 e. The number of aromatic nitrogens is 4. The van der Waals surface area contributed by atoms with Crippen LogP contribution < -0.4 is 11.1 Å². The molecule has 15 heavy (non-hydrogen) atoms. The van der Waals surface area contributed by atoms with Crippen molar-refractivity contribution >= 4 is 28.2 Å². The van der Waals surface area contributed by atoms with Gasteiger partial charge in [0.25, 0.3) is 0 Å². The van der Waals surface area contributed by atoms with Gasteiger partial charge in [0.1, 0.15) is 17.9 Å². The Bertz CT molecular complexity index is 450. The average Bonchev–Trinajstić information content (AvgIpc) is 2.77. The molecule has 2 aromatic rings. The van der Waals surface area contributed by atoms with Crippen molar-refractivity contribution in [1.82, 2.24) is 20.0 Å². The van der Waals surface area contributed by atoms with Crippen molar-refractivity contribution in [3.05, 3.63) is 17.8 Å². The zero-order chi connectivity index (χ0) is 10.7. The van der Waals surface area contributed by atoms with E-state index in [9.17, 15) is 4.79 Å². The second kappa shape index (κ2) is 4.05. The molecule has 0 aromatic carbocycles. The average molecular weight is 224 g/mol. The van der Waals surface area contributed by atoms with Crippen LogP contribution in [0.5, 0.6) is 0 Å². The number of nitrogens with two attached hydrogens (primary N) is 1. The summed E-state index contributed by atoms with van der Waals surface area (Å²) in [6.45, 7) is 0.108. The van der Waals surface area contributed by atoms with Gasteiger partial charge in [0.15, 0.2) is 0 Å². The third-order valence-electron chi connectivity index (χ3n) is 1.57. The summed E-state index contributed by atoms with van der Waals surface area (Å²) in [6.07, 6.45) is 1.63. The predicted molar refractivity (Wildman–Crippen MR) is 55.2 cm³/mol. The number of nitrogen functional groups attached to an aromatic ring is 1. The fourth-order valence-corrected chi connectivity index (χ4v) is 1.46. The largest absolute Gasteiger partial charge is 0.382 e. The first-order chi connectivity index (χ1) is 7.24. The lowest BCUT2D eigenvalue weighted by atomic mass is 10.6. The molecule has 0 radical (unpaired) electrons. The molecule has 0 aliphatic rings. The van der Waals surface area contributed by atoms with E-state index in [1.54, 1.807) is 17.8 Å². The summed E-state index contributed by atoms with van der Waals surface area (Å²) in [4.78, 5) is 11.4. The van der Waals surface area contributed by atoms with E-state index in [1.165, 1.54) is 16.0 Å². The van der Waals surface area contributed by atoms with Crippen molar-refractivity contribution in [1.29, 1.82) is 0 Å². The molecule has 0 bridgehead atoms. The summed E-state index contributed by atoms with van der Waals surface area (Å²) in [6, 6.07) is 1.62. The summed E-state index contributed by atoms with van der Waals surface area (Å²) in [5.41, 5.74) is 6.95. The zero-order valence-electron chi connectivity index (χ0n) is 7.62. The van der Waals surface area contributed by atoms with E-state index in [0.29, 0.717) is 10.9 Å². The fraction of sp³-hybridized carbons (Fsp3) is 0.143. The van der Waals surface area contributed by atoms with Gasteiger partial charge in [-0.05, 0) is 6.07 Å². The first-order valence-electron chi connectivity index (χ1n) is 4.09. The van der Waals surface area contributed by atoms with Crippen molar-refractivity contribution in [2.75, 3.05) is 11.1 Å². The van der Waals surface area contributed by atoms with E-state index in [-0.39, 0.29) is 12.5 Å². The minimum Gasteiger partial charge on any atom is -0.382 e. The third-order valence-corrected chi connectivity index (χ3v) is 2.18. The van der Waals surface area contributed by atoms with Crippen LogP contribution in [-0.2, 0) is 11.3 Å². The molecule has 8 heteroatoms. The second-order valence-corrected chi connectivity index (χ2v) is 3.56. The molecule has 0 saturated carbocycles. The highest BCUT2D eigenvalue weighted by Crippen LogP contribution is 2.07. The van der Waals surface area contributed by atoms with Gasteiger partial charge < -0.3 is 5.73 Å². The van der Waals surface area contributed by atoms with E-state index in [2.05, 4.69) is 20.6 Å². The Hall–Kier alpha value is -1.96. The van der Waals surface area contributed by atoms with Gasteiger partial charge in [-0.15, -0.1) is 10.2 Å². The molecule has 0 aliphatic carbocycles. The van der Waals surface area contributed by atoms with Crippen LogP contribution in [-0.4, -0.2) is 25.9 Å².